The van der Waals surface area contributed by atoms with Gasteiger partial charge >= 0.3 is 0 Å². The van der Waals surface area contributed by atoms with Gasteiger partial charge in [0.15, 0.2) is 5.65 Å². The van der Waals surface area contributed by atoms with E-state index >= 15 is 0 Å². The van der Waals surface area contributed by atoms with Gasteiger partial charge in [0, 0.05) is 28.1 Å². The van der Waals surface area contributed by atoms with Gasteiger partial charge in [-0.15, -0.1) is 10.2 Å². The highest BCUT2D eigenvalue weighted by Gasteiger charge is 2.15. The average molecular weight is 387 g/mol. The molecule has 0 aliphatic carbocycles. The molecule has 4 N–H and O–H groups in total. The highest BCUT2D eigenvalue weighted by Crippen LogP contribution is 2.30. The fourth-order valence-corrected chi connectivity index (χ4v) is 3.94. The summed E-state index contributed by atoms with van der Waals surface area (Å²) in [5.74, 6) is 0.142. The molecule has 2 aromatic heterocycles. The Labute approximate surface area is 166 Å². The van der Waals surface area contributed by atoms with Crippen molar-refractivity contribution in [1.29, 1.82) is 0 Å². The van der Waals surface area contributed by atoms with Gasteiger partial charge in [0.2, 0.25) is 0 Å². The number of H-pyrrole nitrogens is 1. The second-order valence-electron chi connectivity index (χ2n) is 7.39. The Bertz CT molecular complexity index is 1260. The molecule has 1 saturated heterocycles. The van der Waals surface area contributed by atoms with Crippen molar-refractivity contribution in [2.45, 2.75) is 18.9 Å². The molecule has 3 heterocycles. The zero-order valence-electron chi connectivity index (χ0n) is 15.8. The van der Waals surface area contributed by atoms with Crippen LogP contribution in [0.5, 0.6) is 5.75 Å². The number of fused-ring (bicyclic) bond motifs is 3. The van der Waals surface area contributed by atoms with Crippen LogP contribution in [-0.2, 0) is 0 Å². The van der Waals surface area contributed by atoms with Crippen molar-refractivity contribution in [2.24, 2.45) is 0 Å². The molecular formula is C22H21N5O2. The lowest BCUT2D eigenvalue weighted by atomic mass is 10.0. The Kier molecular flexibility index (Phi) is 4.37. The molecule has 0 atom stereocenters. The van der Waals surface area contributed by atoms with Gasteiger partial charge in [-0.1, -0.05) is 18.2 Å². The van der Waals surface area contributed by atoms with E-state index < -0.39 is 0 Å². The molecule has 7 nitrogen and oxygen atoms in total. The highest BCUT2D eigenvalue weighted by atomic mass is 16.3. The summed E-state index contributed by atoms with van der Waals surface area (Å²) in [7, 11) is 0. The maximum Gasteiger partial charge on any atom is 0.257 e. The zero-order chi connectivity index (χ0) is 19.8. The number of aromatic hydroxyl groups is 1. The molecule has 5 rings (SSSR count). The van der Waals surface area contributed by atoms with Crippen molar-refractivity contribution in [3.05, 3.63) is 58.9 Å². The molecule has 29 heavy (non-hydrogen) atoms. The number of hydrogen-bond acceptors (Lipinski definition) is 6. The fraction of sp³-hybridized carbons (Fsp3) is 0.227. The largest absolute Gasteiger partial charge is 0.507 e. The van der Waals surface area contributed by atoms with Crippen molar-refractivity contribution in [2.75, 3.05) is 18.4 Å². The fourth-order valence-electron chi connectivity index (χ4n) is 3.94. The summed E-state index contributed by atoms with van der Waals surface area (Å²) >= 11 is 0. The van der Waals surface area contributed by atoms with Crippen molar-refractivity contribution >= 4 is 27.5 Å². The van der Waals surface area contributed by atoms with Gasteiger partial charge in [-0.2, -0.15) is 0 Å². The second-order valence-corrected chi connectivity index (χ2v) is 7.39. The van der Waals surface area contributed by atoms with Crippen molar-refractivity contribution in [3.63, 3.8) is 0 Å². The molecule has 7 heteroatoms. The Morgan fingerprint density at radius 2 is 1.79 bits per heavy atom. The first-order valence-electron chi connectivity index (χ1n) is 9.78. The van der Waals surface area contributed by atoms with Crippen LogP contribution >= 0.6 is 0 Å². The van der Waals surface area contributed by atoms with Crippen LogP contribution in [0, 0.1) is 0 Å². The number of pyridine rings is 1. The highest BCUT2D eigenvalue weighted by molar-refractivity contribution is 6.05. The molecule has 1 aliphatic rings. The van der Waals surface area contributed by atoms with Gasteiger partial charge in [-0.05, 0) is 61.6 Å². The standard InChI is InChI=1S/C22H21N5O2/c28-20-4-2-1-3-16(20)19-12-17-15-6-5-14(24-13-7-9-23-10-8-13)11-18(15)22(29)25-21(17)27-26-19/h1-6,11-13,23-24,28H,7-10H2,(H,25,27,29). The minimum absolute atomic E-state index is 0.142. The number of phenols is 1. The molecule has 0 unspecified atom stereocenters. The Morgan fingerprint density at radius 1 is 0.966 bits per heavy atom. The first kappa shape index (κ1) is 17.6. The van der Waals surface area contributed by atoms with Crippen molar-refractivity contribution in [1.82, 2.24) is 20.5 Å². The van der Waals surface area contributed by atoms with E-state index in [1.165, 1.54) is 0 Å². The first-order valence-corrected chi connectivity index (χ1v) is 9.78. The lowest BCUT2D eigenvalue weighted by Crippen LogP contribution is -2.35. The van der Waals surface area contributed by atoms with E-state index in [0.29, 0.717) is 28.3 Å². The van der Waals surface area contributed by atoms with Gasteiger partial charge in [0.25, 0.3) is 5.56 Å². The lowest BCUT2D eigenvalue weighted by Gasteiger charge is -2.24. The zero-order valence-corrected chi connectivity index (χ0v) is 15.8. The van der Waals surface area contributed by atoms with Crippen LogP contribution in [-0.4, -0.2) is 39.4 Å². The summed E-state index contributed by atoms with van der Waals surface area (Å²) in [6.07, 6.45) is 2.12. The monoisotopic (exact) mass is 387 g/mol. The molecule has 0 bridgehead atoms. The van der Waals surface area contributed by atoms with Crippen LogP contribution in [0.2, 0.25) is 0 Å². The number of benzene rings is 2. The third kappa shape index (κ3) is 3.30. The maximum absolute atomic E-state index is 12.6. The van der Waals surface area contributed by atoms with E-state index in [9.17, 15) is 9.90 Å². The van der Waals surface area contributed by atoms with Gasteiger partial charge in [-0.25, -0.2) is 0 Å². The summed E-state index contributed by atoms with van der Waals surface area (Å²) < 4.78 is 0. The maximum atomic E-state index is 12.6. The predicted molar refractivity (Wildman–Crippen MR) is 114 cm³/mol. The van der Waals surface area contributed by atoms with E-state index in [4.69, 9.17) is 0 Å². The first-order chi connectivity index (χ1) is 14.2. The average Bonchev–Trinajstić information content (AvgIpc) is 2.75. The number of aromatic amines is 1. The number of nitrogens with zero attached hydrogens (tertiary/aromatic N) is 2. The van der Waals surface area contributed by atoms with Gasteiger partial charge < -0.3 is 20.7 Å². The molecule has 2 aromatic carbocycles. The Morgan fingerprint density at radius 3 is 2.62 bits per heavy atom. The molecule has 1 fully saturated rings. The molecule has 0 amide bonds. The Balaban J connectivity index is 1.61. The quantitative estimate of drug-likeness (QED) is 0.403. The molecule has 0 saturated carbocycles. The van der Waals surface area contributed by atoms with Gasteiger partial charge in [0.1, 0.15) is 5.75 Å². The molecule has 146 valence electrons. The van der Waals surface area contributed by atoms with E-state index in [2.05, 4.69) is 25.8 Å². The van der Waals surface area contributed by atoms with Gasteiger partial charge in [-0.3, -0.25) is 4.79 Å². The van der Waals surface area contributed by atoms with Crippen LogP contribution in [0.4, 0.5) is 5.69 Å². The molecule has 0 spiro atoms. The summed E-state index contributed by atoms with van der Waals surface area (Å²) in [5, 5.41) is 27.6. The van der Waals surface area contributed by atoms with Crippen LogP contribution in [0.25, 0.3) is 33.1 Å². The normalized spacial score (nSPS) is 15.0. The minimum atomic E-state index is -0.189. The number of aromatic nitrogens is 3. The van der Waals surface area contributed by atoms with Gasteiger partial charge in [0.05, 0.1) is 5.69 Å². The van der Waals surface area contributed by atoms with Crippen LogP contribution < -0.4 is 16.2 Å². The number of nitrogens with one attached hydrogen (secondary N) is 3. The summed E-state index contributed by atoms with van der Waals surface area (Å²) in [5.41, 5.74) is 2.34. The number of para-hydroxylation sites is 1. The van der Waals surface area contributed by atoms with E-state index in [1.807, 2.05) is 30.3 Å². The molecule has 1 aliphatic heterocycles. The smallest absolute Gasteiger partial charge is 0.257 e. The molecule has 4 aromatic rings. The van der Waals surface area contributed by atoms with Crippen molar-refractivity contribution in [3.8, 4) is 17.0 Å². The molecular weight excluding hydrogens is 366 g/mol. The topological polar surface area (TPSA) is 103 Å². The minimum Gasteiger partial charge on any atom is -0.507 e. The van der Waals surface area contributed by atoms with Crippen molar-refractivity contribution < 1.29 is 5.11 Å². The summed E-state index contributed by atoms with van der Waals surface area (Å²) in [6.45, 7) is 2.01. The number of rotatable bonds is 3. The number of hydrogen-bond donors (Lipinski definition) is 4. The number of anilines is 1. The lowest BCUT2D eigenvalue weighted by molar-refractivity contribution is 0.477. The van der Waals surface area contributed by atoms with Crippen LogP contribution in [0.3, 0.4) is 0 Å². The van der Waals surface area contributed by atoms with E-state index in [1.54, 1.807) is 18.2 Å². The third-order valence-corrected chi connectivity index (χ3v) is 5.47. The third-order valence-electron chi connectivity index (χ3n) is 5.47. The predicted octanol–water partition coefficient (Wildman–Crippen LogP) is 3.01. The number of phenolic OH excluding ortho intramolecular Hbond substituents is 1. The number of piperidine rings is 1. The van der Waals surface area contributed by atoms with Crippen LogP contribution in [0.15, 0.2) is 53.3 Å². The van der Waals surface area contributed by atoms with Crippen LogP contribution in [0.1, 0.15) is 12.8 Å². The van der Waals surface area contributed by atoms with E-state index in [-0.39, 0.29) is 11.3 Å². The SMILES string of the molecule is O=c1[nH]c2nnc(-c3ccccc3O)cc2c2ccc(NC3CCNCC3)cc12. The summed E-state index contributed by atoms with van der Waals surface area (Å²) in [6, 6.07) is 15.1. The van der Waals surface area contributed by atoms with E-state index in [0.717, 1.165) is 42.4 Å². The Hall–Kier alpha value is -3.45. The second kappa shape index (κ2) is 7.18. The molecule has 0 radical (unpaired) electrons. The summed E-state index contributed by atoms with van der Waals surface area (Å²) in [4.78, 5) is 15.5.